The summed E-state index contributed by atoms with van der Waals surface area (Å²) in [4.78, 5) is 14.1. The van der Waals surface area contributed by atoms with Crippen molar-refractivity contribution in [2.75, 3.05) is 11.9 Å². The van der Waals surface area contributed by atoms with E-state index in [1.165, 1.54) is 11.8 Å². The molecule has 3 nitrogen and oxygen atoms in total. The zero-order valence-electron chi connectivity index (χ0n) is 9.34. The lowest BCUT2D eigenvalue weighted by Crippen LogP contribution is -2.27. The standard InChI is InChI=1S/C12H12N2OS2/c1-2-14-11(15)10(17-12(14)16)8-13-9-6-4-3-5-7-9/h3-8,13H,2H2,1H3/b10-8+. The average Bonchev–Trinajstić information content (AvgIpc) is 2.63. The second-order valence-corrected chi connectivity index (χ2v) is 5.11. The number of likely N-dealkylation sites (N-methyl/N-ethyl adjacent to an activating group) is 1. The minimum Gasteiger partial charge on any atom is -0.360 e. The minimum atomic E-state index is -0.0223. The summed E-state index contributed by atoms with van der Waals surface area (Å²) in [5.74, 6) is -0.0223. The van der Waals surface area contributed by atoms with Crippen molar-refractivity contribution in [2.45, 2.75) is 6.92 Å². The fourth-order valence-electron chi connectivity index (χ4n) is 1.46. The van der Waals surface area contributed by atoms with Crippen molar-refractivity contribution in [3.63, 3.8) is 0 Å². The number of carbonyl (C=O) groups excluding carboxylic acids is 1. The molecular weight excluding hydrogens is 252 g/mol. The van der Waals surface area contributed by atoms with Crippen molar-refractivity contribution in [3.05, 3.63) is 41.4 Å². The molecule has 1 saturated heterocycles. The van der Waals surface area contributed by atoms with Gasteiger partial charge in [0.25, 0.3) is 5.91 Å². The van der Waals surface area contributed by atoms with Gasteiger partial charge in [0.15, 0.2) is 0 Å². The zero-order chi connectivity index (χ0) is 12.3. The second kappa shape index (κ2) is 5.33. The highest BCUT2D eigenvalue weighted by atomic mass is 32.2. The Hall–Kier alpha value is -1.33. The Kier molecular flexibility index (Phi) is 3.81. The molecule has 1 fully saturated rings. The van der Waals surface area contributed by atoms with E-state index in [9.17, 15) is 4.79 Å². The van der Waals surface area contributed by atoms with Gasteiger partial charge in [0, 0.05) is 18.4 Å². The summed E-state index contributed by atoms with van der Waals surface area (Å²) in [6.07, 6.45) is 1.71. The monoisotopic (exact) mass is 264 g/mol. The molecular formula is C12H12N2OS2. The van der Waals surface area contributed by atoms with Gasteiger partial charge in [-0.25, -0.2) is 0 Å². The summed E-state index contributed by atoms with van der Waals surface area (Å²) in [5, 5.41) is 3.09. The lowest BCUT2D eigenvalue weighted by atomic mass is 10.3. The Bertz CT molecular complexity index is 471. The summed E-state index contributed by atoms with van der Waals surface area (Å²) >= 11 is 6.46. The van der Waals surface area contributed by atoms with E-state index in [-0.39, 0.29) is 5.91 Å². The summed E-state index contributed by atoms with van der Waals surface area (Å²) in [5.41, 5.74) is 0.953. The number of para-hydroxylation sites is 1. The van der Waals surface area contributed by atoms with Crippen LogP contribution in [0.3, 0.4) is 0 Å². The van der Waals surface area contributed by atoms with Crippen LogP contribution in [0, 0.1) is 0 Å². The lowest BCUT2D eigenvalue weighted by molar-refractivity contribution is -0.122. The maximum Gasteiger partial charge on any atom is 0.267 e. The number of thioether (sulfide) groups is 1. The van der Waals surface area contributed by atoms with Crippen molar-refractivity contribution >= 4 is 39.9 Å². The molecule has 1 amide bonds. The van der Waals surface area contributed by atoms with Crippen LogP contribution < -0.4 is 5.32 Å². The molecule has 0 radical (unpaired) electrons. The summed E-state index contributed by atoms with van der Waals surface area (Å²) in [6.45, 7) is 2.53. The van der Waals surface area contributed by atoms with Gasteiger partial charge in [-0.2, -0.15) is 0 Å². The predicted octanol–water partition coefficient (Wildman–Crippen LogP) is 2.82. The predicted molar refractivity (Wildman–Crippen MR) is 75.7 cm³/mol. The Labute approximate surface area is 110 Å². The molecule has 1 heterocycles. The fourth-order valence-corrected chi connectivity index (χ4v) is 2.76. The molecule has 0 unspecified atom stereocenters. The number of hydrogen-bond acceptors (Lipinski definition) is 4. The first kappa shape index (κ1) is 12.1. The van der Waals surface area contributed by atoms with E-state index < -0.39 is 0 Å². The Balaban J connectivity index is 2.09. The summed E-state index contributed by atoms with van der Waals surface area (Å²) < 4.78 is 0.624. The Morgan fingerprint density at radius 3 is 2.71 bits per heavy atom. The Morgan fingerprint density at radius 1 is 1.41 bits per heavy atom. The molecule has 1 aliphatic heterocycles. The first-order valence-corrected chi connectivity index (χ1v) is 6.50. The van der Waals surface area contributed by atoms with E-state index >= 15 is 0 Å². The fraction of sp³-hybridized carbons (Fsp3) is 0.167. The van der Waals surface area contributed by atoms with Crippen LogP contribution in [0.15, 0.2) is 41.4 Å². The molecule has 1 N–H and O–H groups in total. The minimum absolute atomic E-state index is 0.0223. The number of carbonyl (C=O) groups is 1. The third-order valence-corrected chi connectivity index (χ3v) is 3.71. The number of anilines is 1. The van der Waals surface area contributed by atoms with Gasteiger partial charge < -0.3 is 5.32 Å². The maximum atomic E-state index is 11.9. The van der Waals surface area contributed by atoms with Gasteiger partial charge in [0.2, 0.25) is 0 Å². The number of nitrogens with zero attached hydrogens (tertiary/aromatic N) is 1. The van der Waals surface area contributed by atoms with Gasteiger partial charge in [-0.05, 0) is 19.1 Å². The normalized spacial score (nSPS) is 17.9. The molecule has 0 aliphatic carbocycles. The summed E-state index contributed by atoms with van der Waals surface area (Å²) in [7, 11) is 0. The van der Waals surface area contributed by atoms with Gasteiger partial charge in [-0.1, -0.05) is 42.2 Å². The van der Waals surface area contributed by atoms with E-state index in [1.54, 1.807) is 11.1 Å². The highest BCUT2D eigenvalue weighted by Gasteiger charge is 2.30. The van der Waals surface area contributed by atoms with Crippen LogP contribution in [-0.4, -0.2) is 21.7 Å². The van der Waals surface area contributed by atoms with Crippen LogP contribution in [0.2, 0.25) is 0 Å². The van der Waals surface area contributed by atoms with Gasteiger partial charge in [-0.15, -0.1) is 0 Å². The van der Waals surface area contributed by atoms with E-state index in [0.29, 0.717) is 15.8 Å². The first-order chi connectivity index (χ1) is 8.22. The van der Waals surface area contributed by atoms with Crippen LogP contribution in [-0.2, 0) is 4.79 Å². The van der Waals surface area contributed by atoms with Gasteiger partial charge in [-0.3, -0.25) is 9.69 Å². The molecule has 0 aromatic heterocycles. The van der Waals surface area contributed by atoms with Crippen LogP contribution in [0.4, 0.5) is 5.69 Å². The molecule has 0 saturated carbocycles. The average molecular weight is 264 g/mol. The van der Waals surface area contributed by atoms with Crippen molar-refractivity contribution in [3.8, 4) is 0 Å². The summed E-state index contributed by atoms with van der Waals surface area (Å²) in [6, 6.07) is 9.71. The second-order valence-electron chi connectivity index (χ2n) is 3.44. The number of amides is 1. The van der Waals surface area contributed by atoms with E-state index in [2.05, 4.69) is 5.32 Å². The molecule has 1 aromatic rings. The molecule has 1 aromatic carbocycles. The van der Waals surface area contributed by atoms with Crippen LogP contribution in [0.5, 0.6) is 0 Å². The highest BCUT2D eigenvalue weighted by Crippen LogP contribution is 2.30. The third kappa shape index (κ3) is 2.68. The molecule has 0 atom stereocenters. The van der Waals surface area contributed by atoms with Gasteiger partial charge in [0.1, 0.15) is 4.32 Å². The quantitative estimate of drug-likeness (QED) is 0.672. The topological polar surface area (TPSA) is 32.3 Å². The molecule has 2 rings (SSSR count). The van der Waals surface area contributed by atoms with Crippen LogP contribution in [0.25, 0.3) is 0 Å². The van der Waals surface area contributed by atoms with Crippen molar-refractivity contribution < 1.29 is 4.79 Å². The van der Waals surface area contributed by atoms with Crippen molar-refractivity contribution in [1.29, 1.82) is 0 Å². The van der Waals surface area contributed by atoms with E-state index in [0.717, 1.165) is 5.69 Å². The molecule has 0 bridgehead atoms. The Morgan fingerprint density at radius 2 is 2.12 bits per heavy atom. The first-order valence-electron chi connectivity index (χ1n) is 5.28. The number of thiocarbonyl (C=S) groups is 1. The molecule has 88 valence electrons. The number of benzene rings is 1. The molecule has 0 spiro atoms. The van der Waals surface area contributed by atoms with Crippen LogP contribution in [0.1, 0.15) is 6.92 Å². The molecule has 17 heavy (non-hydrogen) atoms. The maximum absolute atomic E-state index is 11.9. The molecule has 1 aliphatic rings. The molecule has 5 heteroatoms. The van der Waals surface area contributed by atoms with Crippen molar-refractivity contribution in [1.82, 2.24) is 4.90 Å². The van der Waals surface area contributed by atoms with Gasteiger partial charge >= 0.3 is 0 Å². The smallest absolute Gasteiger partial charge is 0.267 e. The SMILES string of the molecule is CCN1C(=O)/C(=C\Nc2ccccc2)SC1=S. The van der Waals surface area contributed by atoms with Crippen molar-refractivity contribution in [2.24, 2.45) is 0 Å². The zero-order valence-corrected chi connectivity index (χ0v) is 11.0. The number of rotatable bonds is 3. The number of hydrogen-bond donors (Lipinski definition) is 1. The third-order valence-electron chi connectivity index (χ3n) is 2.33. The van der Waals surface area contributed by atoms with Gasteiger partial charge in [0.05, 0.1) is 4.91 Å². The lowest BCUT2D eigenvalue weighted by Gasteiger charge is -2.09. The number of nitrogens with one attached hydrogen (secondary N) is 1. The highest BCUT2D eigenvalue weighted by molar-refractivity contribution is 8.26. The largest absolute Gasteiger partial charge is 0.360 e. The van der Waals surface area contributed by atoms with E-state index in [4.69, 9.17) is 12.2 Å². The van der Waals surface area contributed by atoms with Crippen LogP contribution >= 0.6 is 24.0 Å². The van der Waals surface area contributed by atoms with E-state index in [1.807, 2.05) is 37.3 Å².